The molecule has 0 unspecified atom stereocenters. The van der Waals surface area contributed by atoms with Gasteiger partial charge < -0.3 is 10.1 Å². The number of para-hydroxylation sites is 1. The Kier molecular flexibility index (Phi) is 4.14. The smallest absolute Gasteiger partial charge is 0.230 e. The number of methoxy groups -OCH3 is 1. The Morgan fingerprint density at radius 1 is 1.09 bits per heavy atom. The number of carbonyl (C=O) groups excluding carboxylic acids is 1. The van der Waals surface area contributed by atoms with Crippen molar-refractivity contribution in [2.75, 3.05) is 7.11 Å². The first-order valence-corrected chi connectivity index (χ1v) is 7.72. The van der Waals surface area contributed by atoms with Crippen molar-refractivity contribution in [2.24, 2.45) is 0 Å². The van der Waals surface area contributed by atoms with Gasteiger partial charge >= 0.3 is 0 Å². The van der Waals surface area contributed by atoms with Gasteiger partial charge in [0, 0.05) is 12.1 Å². The van der Waals surface area contributed by atoms with E-state index in [1.54, 1.807) is 7.11 Å². The molecule has 3 nitrogen and oxygen atoms in total. The summed E-state index contributed by atoms with van der Waals surface area (Å²) in [4.78, 5) is 12.8. The molecule has 0 saturated heterocycles. The van der Waals surface area contributed by atoms with Crippen LogP contribution in [-0.4, -0.2) is 13.0 Å². The molecule has 0 aromatic heterocycles. The van der Waals surface area contributed by atoms with E-state index in [4.69, 9.17) is 4.74 Å². The second-order valence-electron chi connectivity index (χ2n) is 5.80. The molecule has 1 aliphatic rings. The monoisotopic (exact) mass is 295 g/mol. The average molecular weight is 295 g/mol. The summed E-state index contributed by atoms with van der Waals surface area (Å²) in [6, 6.07) is 17.9. The number of amides is 1. The average Bonchev–Trinajstić information content (AvgIpc) is 2.53. The van der Waals surface area contributed by atoms with E-state index >= 15 is 0 Å². The van der Waals surface area contributed by atoms with E-state index in [-0.39, 0.29) is 11.3 Å². The normalized spacial score (nSPS) is 15.7. The van der Waals surface area contributed by atoms with E-state index < -0.39 is 0 Å². The lowest BCUT2D eigenvalue weighted by Crippen LogP contribution is -2.48. The number of rotatable bonds is 5. The zero-order valence-corrected chi connectivity index (χ0v) is 12.8. The molecular weight excluding hydrogens is 274 g/mol. The van der Waals surface area contributed by atoms with Crippen LogP contribution in [0.15, 0.2) is 54.6 Å². The summed E-state index contributed by atoms with van der Waals surface area (Å²) < 4.78 is 5.34. The van der Waals surface area contributed by atoms with Gasteiger partial charge in [0.15, 0.2) is 0 Å². The minimum absolute atomic E-state index is 0.121. The van der Waals surface area contributed by atoms with Gasteiger partial charge in [0.2, 0.25) is 5.91 Å². The van der Waals surface area contributed by atoms with Crippen LogP contribution in [0.4, 0.5) is 0 Å². The summed E-state index contributed by atoms with van der Waals surface area (Å²) in [6.45, 7) is 0.497. The van der Waals surface area contributed by atoms with Gasteiger partial charge in [-0.25, -0.2) is 0 Å². The molecule has 1 saturated carbocycles. The number of nitrogens with one attached hydrogen (secondary N) is 1. The highest BCUT2D eigenvalue weighted by Crippen LogP contribution is 2.43. The minimum atomic E-state index is -0.344. The van der Waals surface area contributed by atoms with Gasteiger partial charge in [-0.2, -0.15) is 0 Å². The molecule has 22 heavy (non-hydrogen) atoms. The molecule has 3 rings (SSSR count). The standard InChI is InChI=1S/C19H21NO2/c1-22-17-11-6-5-8-15(17)14-20-18(21)19(12-7-13-19)16-9-3-2-4-10-16/h2-6,8-11H,7,12-14H2,1H3,(H,20,21). The third-order valence-corrected chi connectivity index (χ3v) is 4.60. The molecule has 0 radical (unpaired) electrons. The maximum atomic E-state index is 12.8. The fraction of sp³-hybridized carbons (Fsp3) is 0.316. The molecule has 0 bridgehead atoms. The predicted molar refractivity (Wildman–Crippen MR) is 86.8 cm³/mol. The van der Waals surface area contributed by atoms with E-state index in [1.807, 2.05) is 42.5 Å². The molecule has 0 heterocycles. The minimum Gasteiger partial charge on any atom is -0.496 e. The topological polar surface area (TPSA) is 38.3 Å². The highest BCUT2D eigenvalue weighted by Gasteiger charge is 2.45. The van der Waals surface area contributed by atoms with Gasteiger partial charge in [-0.3, -0.25) is 4.79 Å². The molecular formula is C19H21NO2. The van der Waals surface area contributed by atoms with Crippen molar-refractivity contribution in [3.63, 3.8) is 0 Å². The van der Waals surface area contributed by atoms with Crippen molar-refractivity contribution < 1.29 is 9.53 Å². The third-order valence-electron chi connectivity index (χ3n) is 4.60. The summed E-state index contributed by atoms with van der Waals surface area (Å²) >= 11 is 0. The quantitative estimate of drug-likeness (QED) is 0.917. The highest BCUT2D eigenvalue weighted by molar-refractivity contribution is 5.89. The molecule has 3 heteroatoms. The predicted octanol–water partition coefficient (Wildman–Crippen LogP) is 3.43. The lowest BCUT2D eigenvalue weighted by molar-refractivity contribution is -0.130. The van der Waals surface area contributed by atoms with Crippen LogP contribution >= 0.6 is 0 Å². The van der Waals surface area contributed by atoms with E-state index in [9.17, 15) is 4.79 Å². The molecule has 1 fully saturated rings. The fourth-order valence-electron chi connectivity index (χ4n) is 3.13. The highest BCUT2D eigenvalue weighted by atomic mass is 16.5. The van der Waals surface area contributed by atoms with Crippen molar-refractivity contribution >= 4 is 5.91 Å². The first kappa shape index (κ1) is 14.6. The zero-order valence-electron chi connectivity index (χ0n) is 12.8. The summed E-state index contributed by atoms with van der Waals surface area (Å²) in [6.07, 6.45) is 2.96. The van der Waals surface area contributed by atoms with Crippen LogP contribution in [-0.2, 0) is 16.8 Å². The van der Waals surface area contributed by atoms with Gasteiger partial charge in [0.05, 0.1) is 12.5 Å². The second-order valence-corrected chi connectivity index (χ2v) is 5.80. The lowest BCUT2D eigenvalue weighted by atomic mass is 9.64. The Bertz CT molecular complexity index is 647. The fourth-order valence-corrected chi connectivity index (χ4v) is 3.13. The van der Waals surface area contributed by atoms with E-state index in [1.165, 1.54) is 0 Å². The lowest BCUT2D eigenvalue weighted by Gasteiger charge is -2.40. The summed E-state index contributed by atoms with van der Waals surface area (Å²) in [5.74, 6) is 0.932. The third kappa shape index (κ3) is 2.59. The van der Waals surface area contributed by atoms with Crippen molar-refractivity contribution in [3.8, 4) is 5.75 Å². The largest absolute Gasteiger partial charge is 0.496 e. The van der Waals surface area contributed by atoms with Crippen molar-refractivity contribution in [3.05, 3.63) is 65.7 Å². The zero-order chi connectivity index (χ0) is 15.4. The molecule has 0 atom stereocenters. The van der Waals surface area contributed by atoms with Crippen LogP contribution in [0, 0.1) is 0 Å². The first-order chi connectivity index (χ1) is 10.8. The van der Waals surface area contributed by atoms with Crippen molar-refractivity contribution in [1.82, 2.24) is 5.32 Å². The van der Waals surface area contributed by atoms with Gasteiger partial charge in [0.1, 0.15) is 5.75 Å². The SMILES string of the molecule is COc1ccccc1CNC(=O)C1(c2ccccc2)CCC1. The maximum Gasteiger partial charge on any atom is 0.230 e. The molecule has 114 valence electrons. The van der Waals surface area contributed by atoms with E-state index in [0.29, 0.717) is 6.54 Å². The van der Waals surface area contributed by atoms with E-state index in [0.717, 1.165) is 36.1 Å². The summed E-state index contributed by atoms with van der Waals surface area (Å²) in [5, 5.41) is 3.10. The molecule has 2 aromatic carbocycles. The summed E-state index contributed by atoms with van der Waals surface area (Å²) in [5.41, 5.74) is 1.78. The molecule has 1 amide bonds. The van der Waals surface area contributed by atoms with E-state index in [2.05, 4.69) is 17.4 Å². The Morgan fingerprint density at radius 3 is 2.41 bits per heavy atom. The Hall–Kier alpha value is -2.29. The van der Waals surface area contributed by atoms with Crippen molar-refractivity contribution in [1.29, 1.82) is 0 Å². The number of hydrogen-bond donors (Lipinski definition) is 1. The van der Waals surface area contributed by atoms with Crippen LogP contribution in [0.2, 0.25) is 0 Å². The van der Waals surface area contributed by atoms with Crippen molar-refractivity contribution in [2.45, 2.75) is 31.2 Å². The molecule has 0 aliphatic heterocycles. The number of ether oxygens (including phenoxy) is 1. The van der Waals surface area contributed by atoms with Crippen LogP contribution in [0.25, 0.3) is 0 Å². The number of carbonyl (C=O) groups is 1. The molecule has 2 aromatic rings. The van der Waals surface area contributed by atoms with Gasteiger partial charge in [0.25, 0.3) is 0 Å². The molecule has 0 spiro atoms. The first-order valence-electron chi connectivity index (χ1n) is 7.72. The Labute approximate surface area is 131 Å². The van der Waals surface area contributed by atoms with Gasteiger partial charge in [-0.05, 0) is 24.5 Å². The van der Waals surface area contributed by atoms with Gasteiger partial charge in [-0.1, -0.05) is 55.0 Å². The Morgan fingerprint density at radius 2 is 1.77 bits per heavy atom. The van der Waals surface area contributed by atoms with Gasteiger partial charge in [-0.15, -0.1) is 0 Å². The molecule has 1 aliphatic carbocycles. The number of benzene rings is 2. The van der Waals surface area contributed by atoms with Crippen LogP contribution in [0.3, 0.4) is 0 Å². The maximum absolute atomic E-state index is 12.8. The molecule has 1 N–H and O–H groups in total. The summed E-state index contributed by atoms with van der Waals surface area (Å²) in [7, 11) is 1.65. The Balaban J connectivity index is 1.74. The number of hydrogen-bond acceptors (Lipinski definition) is 2. The van der Waals surface area contributed by atoms with Crippen LogP contribution < -0.4 is 10.1 Å². The second kappa shape index (κ2) is 6.22. The van der Waals surface area contributed by atoms with Crippen LogP contribution in [0.1, 0.15) is 30.4 Å². The van der Waals surface area contributed by atoms with Crippen LogP contribution in [0.5, 0.6) is 5.75 Å².